The van der Waals surface area contributed by atoms with Crippen molar-refractivity contribution in [3.8, 4) is 5.75 Å². The molecule has 2 aromatic carbocycles. The Balaban J connectivity index is 1.62. The zero-order valence-corrected chi connectivity index (χ0v) is 22.3. The first-order chi connectivity index (χ1) is 17.9. The number of hydrogen-bond donors (Lipinski definition) is 0. The van der Waals surface area contributed by atoms with Crippen molar-refractivity contribution in [3.63, 3.8) is 0 Å². The number of fused-ring (bicyclic) bond motifs is 1. The predicted molar refractivity (Wildman–Crippen MR) is 144 cm³/mol. The van der Waals surface area contributed by atoms with E-state index in [1.54, 1.807) is 26.2 Å². The van der Waals surface area contributed by atoms with Gasteiger partial charge in [-0.05, 0) is 35.6 Å². The minimum absolute atomic E-state index is 0.0269. The first kappa shape index (κ1) is 26.5. The zero-order chi connectivity index (χ0) is 26.4. The number of thioether (sulfide) groups is 1. The van der Waals surface area contributed by atoms with Crippen molar-refractivity contribution in [2.24, 2.45) is 4.99 Å². The molecule has 0 saturated heterocycles. The fourth-order valence-corrected chi connectivity index (χ4v) is 5.23. The van der Waals surface area contributed by atoms with Crippen molar-refractivity contribution in [2.75, 3.05) is 34.5 Å². The van der Waals surface area contributed by atoms with E-state index in [9.17, 15) is 9.59 Å². The Hall–Kier alpha value is -3.56. The zero-order valence-electron chi connectivity index (χ0n) is 21.5. The van der Waals surface area contributed by atoms with Crippen LogP contribution in [-0.4, -0.2) is 61.3 Å². The van der Waals surface area contributed by atoms with Crippen LogP contribution in [0, 0.1) is 0 Å². The lowest BCUT2D eigenvalue weighted by molar-refractivity contribution is -0.141. The first-order valence-electron chi connectivity index (χ1n) is 11.9. The van der Waals surface area contributed by atoms with Gasteiger partial charge in [0, 0.05) is 26.4 Å². The van der Waals surface area contributed by atoms with Crippen LogP contribution in [0.1, 0.15) is 30.5 Å². The van der Waals surface area contributed by atoms with E-state index in [0.29, 0.717) is 30.2 Å². The molecule has 1 amide bonds. The summed E-state index contributed by atoms with van der Waals surface area (Å²) in [6.07, 6.45) is 0.174. The second-order valence-corrected chi connectivity index (χ2v) is 9.54. The molecule has 0 saturated carbocycles. The highest BCUT2D eigenvalue weighted by Gasteiger charge is 2.41. The summed E-state index contributed by atoms with van der Waals surface area (Å²) in [5.74, 6) is 0.227. The van der Waals surface area contributed by atoms with Crippen LogP contribution in [-0.2, 0) is 25.6 Å². The highest BCUT2D eigenvalue weighted by atomic mass is 32.2. The van der Waals surface area contributed by atoms with E-state index in [0.717, 1.165) is 22.0 Å². The number of aliphatic imine (C=N–C) groups is 1. The maximum atomic E-state index is 13.3. The largest absolute Gasteiger partial charge is 0.497 e. The molecule has 37 heavy (non-hydrogen) atoms. The molecule has 0 radical (unpaired) electrons. The summed E-state index contributed by atoms with van der Waals surface area (Å²) in [7, 11) is 4.96. The molecule has 0 bridgehead atoms. The maximum Gasteiger partial charge on any atom is 0.338 e. The Morgan fingerprint density at radius 1 is 1.05 bits per heavy atom. The monoisotopic (exact) mass is 521 g/mol. The molecule has 0 fully saturated rings. The van der Waals surface area contributed by atoms with Crippen LogP contribution in [0.2, 0.25) is 0 Å². The van der Waals surface area contributed by atoms with Crippen molar-refractivity contribution in [2.45, 2.75) is 25.9 Å². The van der Waals surface area contributed by atoms with Gasteiger partial charge in [-0.2, -0.15) is 0 Å². The normalized spacial score (nSPS) is 16.6. The third kappa shape index (κ3) is 6.06. The highest BCUT2D eigenvalue weighted by Crippen LogP contribution is 2.45. The van der Waals surface area contributed by atoms with E-state index in [1.165, 1.54) is 11.8 Å². The van der Waals surface area contributed by atoms with Gasteiger partial charge in [-0.3, -0.25) is 4.79 Å². The van der Waals surface area contributed by atoms with Gasteiger partial charge in [0.15, 0.2) is 5.17 Å². The van der Waals surface area contributed by atoms with Gasteiger partial charge >= 0.3 is 5.97 Å². The molecule has 9 heteroatoms. The molecule has 2 aliphatic rings. The minimum Gasteiger partial charge on any atom is -0.497 e. The summed E-state index contributed by atoms with van der Waals surface area (Å²) < 4.78 is 15.9. The van der Waals surface area contributed by atoms with E-state index < -0.39 is 12.0 Å². The SMILES string of the molecule is COCCOC(=O)C1=C(C)N=C2SC=C(CC(=O)N(C)Cc3ccccc3)N2[C@H]1c1ccc(OC)cc1. The number of ether oxygens (including phenoxy) is 3. The molecule has 4 rings (SSSR count). The number of carbonyl (C=O) groups excluding carboxylic acids is 2. The molecule has 2 aliphatic heterocycles. The van der Waals surface area contributed by atoms with Gasteiger partial charge in [0.25, 0.3) is 0 Å². The van der Waals surface area contributed by atoms with Crippen LogP contribution < -0.4 is 4.74 Å². The Morgan fingerprint density at radius 2 is 1.78 bits per heavy atom. The van der Waals surface area contributed by atoms with Crippen molar-refractivity contribution in [1.29, 1.82) is 0 Å². The van der Waals surface area contributed by atoms with Gasteiger partial charge in [-0.25, -0.2) is 9.79 Å². The number of allylic oxidation sites excluding steroid dienone is 1. The number of amidine groups is 1. The molecule has 0 unspecified atom stereocenters. The lowest BCUT2D eigenvalue weighted by Gasteiger charge is -2.36. The molecule has 2 heterocycles. The standard InChI is InChI=1S/C28H31N3O5S/c1-19-25(27(33)36-15-14-34-3)26(21-10-12-23(35-4)13-11-21)31-22(18-37-28(31)29-19)16-24(32)30(2)17-20-8-6-5-7-9-20/h5-13,18,26H,14-17H2,1-4H3/t26-/m0/s1. The Kier molecular flexibility index (Phi) is 8.68. The fourth-order valence-electron chi connectivity index (χ4n) is 4.26. The first-order valence-corrected chi connectivity index (χ1v) is 12.8. The number of esters is 1. The average molecular weight is 522 g/mol. The Bertz CT molecular complexity index is 1220. The quantitative estimate of drug-likeness (QED) is 0.336. The summed E-state index contributed by atoms with van der Waals surface area (Å²) in [6, 6.07) is 16.9. The van der Waals surface area contributed by atoms with Crippen molar-refractivity contribution in [1.82, 2.24) is 9.80 Å². The van der Waals surface area contributed by atoms with Crippen molar-refractivity contribution >= 4 is 28.8 Å². The summed E-state index contributed by atoms with van der Waals surface area (Å²) in [4.78, 5) is 34.9. The number of nitrogens with zero attached hydrogens (tertiary/aromatic N) is 3. The summed E-state index contributed by atoms with van der Waals surface area (Å²) >= 11 is 1.45. The molecular formula is C28H31N3O5S. The third-order valence-corrected chi connectivity index (χ3v) is 7.08. The molecule has 0 aliphatic carbocycles. The molecule has 8 nitrogen and oxygen atoms in total. The predicted octanol–water partition coefficient (Wildman–Crippen LogP) is 4.51. The van der Waals surface area contributed by atoms with Crippen molar-refractivity contribution < 1.29 is 23.8 Å². The molecule has 2 aromatic rings. The van der Waals surface area contributed by atoms with E-state index >= 15 is 0 Å². The van der Waals surface area contributed by atoms with Gasteiger partial charge in [-0.1, -0.05) is 54.2 Å². The van der Waals surface area contributed by atoms with Gasteiger partial charge in [-0.15, -0.1) is 0 Å². The van der Waals surface area contributed by atoms with Gasteiger partial charge < -0.3 is 24.0 Å². The highest BCUT2D eigenvalue weighted by molar-refractivity contribution is 8.16. The minimum atomic E-state index is -0.498. The molecule has 0 N–H and O–H groups in total. The van der Waals surface area contributed by atoms with Crippen LogP contribution >= 0.6 is 11.8 Å². The lowest BCUT2D eigenvalue weighted by atomic mass is 9.93. The molecule has 0 spiro atoms. The van der Waals surface area contributed by atoms with E-state index in [1.807, 2.05) is 71.8 Å². The number of hydrogen-bond acceptors (Lipinski definition) is 8. The van der Waals surface area contributed by atoms with Gasteiger partial charge in [0.2, 0.25) is 5.91 Å². The number of methoxy groups -OCH3 is 2. The molecule has 1 atom stereocenters. The Labute approximate surface area is 221 Å². The molecule has 194 valence electrons. The lowest BCUT2D eigenvalue weighted by Crippen LogP contribution is -2.38. The number of carbonyl (C=O) groups is 2. The van der Waals surface area contributed by atoms with Crippen LogP contribution in [0.5, 0.6) is 5.75 Å². The fraction of sp³-hybridized carbons (Fsp3) is 0.321. The third-order valence-electron chi connectivity index (χ3n) is 6.19. The Morgan fingerprint density at radius 3 is 2.46 bits per heavy atom. The summed E-state index contributed by atoms with van der Waals surface area (Å²) in [5.41, 5.74) is 3.73. The summed E-state index contributed by atoms with van der Waals surface area (Å²) in [6.45, 7) is 2.76. The van der Waals surface area contributed by atoms with Crippen LogP contribution in [0.3, 0.4) is 0 Å². The number of rotatable bonds is 10. The van der Waals surface area contributed by atoms with E-state index in [4.69, 9.17) is 19.2 Å². The van der Waals surface area contributed by atoms with Gasteiger partial charge in [0.05, 0.1) is 37.4 Å². The van der Waals surface area contributed by atoms with Crippen LogP contribution in [0.4, 0.5) is 0 Å². The second-order valence-electron chi connectivity index (χ2n) is 8.71. The maximum absolute atomic E-state index is 13.3. The van der Waals surface area contributed by atoms with Crippen LogP contribution in [0.15, 0.2) is 82.0 Å². The van der Waals surface area contributed by atoms with E-state index in [-0.39, 0.29) is 18.9 Å². The average Bonchev–Trinajstić information content (AvgIpc) is 3.30. The second kappa shape index (κ2) is 12.1. The number of amides is 1. The smallest absolute Gasteiger partial charge is 0.338 e. The summed E-state index contributed by atoms with van der Waals surface area (Å²) in [5, 5.41) is 2.66. The van der Waals surface area contributed by atoms with E-state index in [2.05, 4.69) is 0 Å². The topological polar surface area (TPSA) is 80.7 Å². The van der Waals surface area contributed by atoms with Gasteiger partial charge in [0.1, 0.15) is 12.4 Å². The van der Waals surface area contributed by atoms with Crippen LogP contribution in [0.25, 0.3) is 0 Å². The molecular weight excluding hydrogens is 490 g/mol. The number of benzene rings is 2. The van der Waals surface area contributed by atoms with Crippen molar-refractivity contribution in [3.05, 3.63) is 88.1 Å². The molecule has 0 aromatic heterocycles.